The van der Waals surface area contributed by atoms with Gasteiger partial charge in [0.25, 0.3) is 5.91 Å². The molecule has 1 amide bonds. The van der Waals surface area contributed by atoms with Crippen molar-refractivity contribution in [1.82, 2.24) is 5.32 Å². The molecule has 4 rings (SSSR count). The Morgan fingerprint density at radius 3 is 2.64 bits per heavy atom. The molecule has 0 radical (unpaired) electrons. The van der Waals surface area contributed by atoms with Crippen molar-refractivity contribution in [2.24, 2.45) is 11.7 Å². The molecule has 0 aliphatic heterocycles. The van der Waals surface area contributed by atoms with E-state index in [0.29, 0.717) is 18.2 Å². The molecule has 0 bridgehead atoms. The van der Waals surface area contributed by atoms with Crippen LogP contribution in [-0.4, -0.2) is 18.0 Å². The minimum atomic E-state index is -0.357. The highest BCUT2D eigenvalue weighted by atomic mass is 35.5. The molecule has 2 aromatic carbocycles. The Balaban J connectivity index is 0.00000182. The third kappa shape index (κ3) is 2.90. The first-order valence-electron chi connectivity index (χ1n) is 8.47. The standard InChI is InChI=1S/C20H22N2O2.ClH/c1-12-15-10-7-13-5-3-4-6-16(13)18(15)24-17(12)19(23)22-20(2,11-21)14-8-9-14;/h3-7,10,14H,8-9,11,21H2,1-2H3,(H,22,23);1H. The fourth-order valence-corrected chi connectivity index (χ4v) is 3.52. The van der Waals surface area contributed by atoms with Gasteiger partial charge in [-0.1, -0.05) is 36.4 Å². The number of aryl methyl sites for hydroxylation is 1. The van der Waals surface area contributed by atoms with E-state index < -0.39 is 0 Å². The number of fused-ring (bicyclic) bond motifs is 3. The average Bonchev–Trinajstić information content (AvgIpc) is 3.39. The number of benzene rings is 2. The zero-order valence-electron chi connectivity index (χ0n) is 14.5. The Bertz CT molecular complexity index is 945. The van der Waals surface area contributed by atoms with E-state index in [1.54, 1.807) is 0 Å². The van der Waals surface area contributed by atoms with Gasteiger partial charge < -0.3 is 15.5 Å². The number of carbonyl (C=O) groups excluding carboxylic acids is 1. The molecule has 0 saturated heterocycles. The molecule has 1 unspecified atom stereocenters. The molecule has 1 saturated carbocycles. The van der Waals surface area contributed by atoms with Crippen LogP contribution in [0.3, 0.4) is 0 Å². The van der Waals surface area contributed by atoms with Gasteiger partial charge in [0.15, 0.2) is 5.76 Å². The lowest BCUT2D eigenvalue weighted by atomic mass is 9.95. The fraction of sp³-hybridized carbons (Fsp3) is 0.350. The maximum atomic E-state index is 12.8. The topological polar surface area (TPSA) is 68.3 Å². The molecule has 25 heavy (non-hydrogen) atoms. The summed E-state index contributed by atoms with van der Waals surface area (Å²) in [7, 11) is 0. The quantitative estimate of drug-likeness (QED) is 0.735. The van der Waals surface area contributed by atoms with Gasteiger partial charge in [-0.05, 0) is 38.0 Å². The van der Waals surface area contributed by atoms with Gasteiger partial charge in [-0.15, -0.1) is 12.4 Å². The highest BCUT2D eigenvalue weighted by Gasteiger charge is 2.42. The van der Waals surface area contributed by atoms with Crippen LogP contribution in [0.1, 0.15) is 35.9 Å². The van der Waals surface area contributed by atoms with E-state index in [1.807, 2.05) is 44.2 Å². The maximum Gasteiger partial charge on any atom is 0.287 e. The number of nitrogens with two attached hydrogens (primary N) is 1. The number of hydrogen-bond donors (Lipinski definition) is 2. The van der Waals surface area contributed by atoms with Crippen molar-refractivity contribution in [3.63, 3.8) is 0 Å². The highest BCUT2D eigenvalue weighted by Crippen LogP contribution is 2.39. The number of hydrogen-bond acceptors (Lipinski definition) is 3. The van der Waals surface area contributed by atoms with Crippen LogP contribution >= 0.6 is 12.4 Å². The molecule has 1 aliphatic carbocycles. The average molecular weight is 359 g/mol. The lowest BCUT2D eigenvalue weighted by Crippen LogP contribution is -2.53. The zero-order chi connectivity index (χ0) is 16.9. The van der Waals surface area contributed by atoms with E-state index in [-0.39, 0.29) is 23.9 Å². The van der Waals surface area contributed by atoms with E-state index in [1.165, 1.54) is 0 Å². The summed E-state index contributed by atoms with van der Waals surface area (Å²) >= 11 is 0. The molecule has 3 aromatic rings. The summed E-state index contributed by atoms with van der Waals surface area (Å²) in [5, 5.41) is 6.23. The first kappa shape index (κ1) is 17.8. The normalized spacial score (nSPS) is 16.4. The molecule has 132 valence electrons. The van der Waals surface area contributed by atoms with Crippen molar-refractivity contribution in [1.29, 1.82) is 0 Å². The first-order chi connectivity index (χ1) is 11.5. The second-order valence-electron chi connectivity index (χ2n) is 7.07. The highest BCUT2D eigenvalue weighted by molar-refractivity contribution is 6.09. The molecule has 0 spiro atoms. The largest absolute Gasteiger partial charge is 0.450 e. The summed E-state index contributed by atoms with van der Waals surface area (Å²) in [4.78, 5) is 12.8. The lowest BCUT2D eigenvalue weighted by Gasteiger charge is -2.29. The minimum Gasteiger partial charge on any atom is -0.450 e. The maximum absolute atomic E-state index is 12.8. The van der Waals surface area contributed by atoms with Gasteiger partial charge in [0.2, 0.25) is 0 Å². The van der Waals surface area contributed by atoms with Crippen LogP contribution < -0.4 is 11.1 Å². The molecule has 4 nitrogen and oxygen atoms in total. The van der Waals surface area contributed by atoms with Crippen LogP contribution in [0, 0.1) is 12.8 Å². The lowest BCUT2D eigenvalue weighted by molar-refractivity contribution is 0.0870. The van der Waals surface area contributed by atoms with Crippen LogP contribution in [0.2, 0.25) is 0 Å². The zero-order valence-corrected chi connectivity index (χ0v) is 15.3. The van der Waals surface area contributed by atoms with E-state index in [0.717, 1.165) is 40.1 Å². The molecule has 1 aliphatic rings. The van der Waals surface area contributed by atoms with Gasteiger partial charge in [0.1, 0.15) is 5.58 Å². The first-order valence-corrected chi connectivity index (χ1v) is 8.47. The molecule has 5 heteroatoms. The fourth-order valence-electron chi connectivity index (χ4n) is 3.52. The van der Waals surface area contributed by atoms with Gasteiger partial charge in [0.05, 0.1) is 5.54 Å². The third-order valence-corrected chi connectivity index (χ3v) is 5.34. The van der Waals surface area contributed by atoms with Crippen LogP contribution in [0.25, 0.3) is 21.7 Å². The summed E-state index contributed by atoms with van der Waals surface area (Å²) in [6.07, 6.45) is 2.25. The van der Waals surface area contributed by atoms with E-state index in [9.17, 15) is 4.79 Å². The van der Waals surface area contributed by atoms with Crippen molar-refractivity contribution in [2.75, 3.05) is 6.54 Å². The van der Waals surface area contributed by atoms with Crippen LogP contribution in [0.15, 0.2) is 40.8 Å². The monoisotopic (exact) mass is 358 g/mol. The second kappa shape index (κ2) is 6.36. The summed E-state index contributed by atoms with van der Waals surface area (Å²) in [6.45, 7) is 4.40. The molecule has 1 heterocycles. The van der Waals surface area contributed by atoms with Crippen molar-refractivity contribution in [3.05, 3.63) is 47.7 Å². The summed E-state index contributed by atoms with van der Waals surface area (Å²) in [5.74, 6) is 0.686. The van der Waals surface area contributed by atoms with Gasteiger partial charge in [-0.25, -0.2) is 0 Å². The van der Waals surface area contributed by atoms with Gasteiger partial charge >= 0.3 is 0 Å². The summed E-state index contributed by atoms with van der Waals surface area (Å²) in [6, 6.07) is 12.1. The van der Waals surface area contributed by atoms with Gasteiger partial charge in [0, 0.05) is 22.9 Å². The summed E-state index contributed by atoms with van der Waals surface area (Å²) in [5.41, 5.74) is 7.21. The number of rotatable bonds is 4. The van der Waals surface area contributed by atoms with E-state index in [2.05, 4.69) is 11.4 Å². The number of carbonyl (C=O) groups is 1. The number of nitrogens with one attached hydrogen (secondary N) is 1. The smallest absolute Gasteiger partial charge is 0.287 e. The molecule has 1 atom stereocenters. The van der Waals surface area contributed by atoms with Crippen LogP contribution in [0.5, 0.6) is 0 Å². The molecule has 1 fully saturated rings. The Hall–Kier alpha value is -2.04. The number of halogens is 1. The van der Waals surface area contributed by atoms with Crippen molar-refractivity contribution >= 4 is 40.1 Å². The van der Waals surface area contributed by atoms with E-state index >= 15 is 0 Å². The Labute approximate surface area is 153 Å². The predicted octanol–water partition coefficient (Wildman–Crippen LogP) is 4.17. The SMILES string of the molecule is Cc1c(C(=O)NC(C)(CN)C2CC2)oc2c1ccc1ccccc12.Cl. The second-order valence-corrected chi connectivity index (χ2v) is 7.07. The molecule has 3 N–H and O–H groups in total. The van der Waals surface area contributed by atoms with Crippen LogP contribution in [-0.2, 0) is 0 Å². The Morgan fingerprint density at radius 1 is 1.24 bits per heavy atom. The number of furan rings is 1. The molecule has 1 aromatic heterocycles. The molecular formula is C20H23ClN2O2. The van der Waals surface area contributed by atoms with Gasteiger partial charge in [-0.3, -0.25) is 4.79 Å². The van der Waals surface area contributed by atoms with Crippen LogP contribution in [0.4, 0.5) is 0 Å². The number of amides is 1. The Morgan fingerprint density at radius 2 is 1.96 bits per heavy atom. The third-order valence-electron chi connectivity index (χ3n) is 5.34. The van der Waals surface area contributed by atoms with Crippen molar-refractivity contribution < 1.29 is 9.21 Å². The van der Waals surface area contributed by atoms with E-state index in [4.69, 9.17) is 10.2 Å². The van der Waals surface area contributed by atoms with Crippen molar-refractivity contribution in [2.45, 2.75) is 32.2 Å². The van der Waals surface area contributed by atoms with Gasteiger partial charge in [-0.2, -0.15) is 0 Å². The minimum absolute atomic E-state index is 0. The Kier molecular flexibility index (Phi) is 4.52. The molecular weight excluding hydrogens is 336 g/mol. The summed E-state index contributed by atoms with van der Waals surface area (Å²) < 4.78 is 6.01. The predicted molar refractivity (Wildman–Crippen MR) is 103 cm³/mol. The van der Waals surface area contributed by atoms with Crippen molar-refractivity contribution in [3.8, 4) is 0 Å².